The fraction of sp³-hybridized carbons (Fsp3) is 0.397. The number of fused-ring (bicyclic) bond motifs is 6. The Bertz CT molecular complexity index is 3480. The molecule has 10 rings (SSSR count). The zero-order valence-corrected chi connectivity index (χ0v) is 50.4. The molecule has 20 nitrogen and oxygen atoms in total. The van der Waals surface area contributed by atoms with Crippen LogP contribution in [0, 0.1) is 12.8 Å². The van der Waals surface area contributed by atoms with Gasteiger partial charge < -0.3 is 50.0 Å². The Morgan fingerprint density at radius 2 is 1.10 bits per heavy atom. The van der Waals surface area contributed by atoms with Crippen molar-refractivity contribution < 1.29 is 52.5 Å². The molecule has 6 aliphatic rings. The van der Waals surface area contributed by atoms with E-state index in [4.69, 9.17) is 28.9 Å². The van der Waals surface area contributed by atoms with Gasteiger partial charge in [-0.1, -0.05) is 88.1 Å². The number of anilines is 1. The molecule has 4 N–H and O–H groups in total. The maximum absolute atomic E-state index is 14.5. The van der Waals surface area contributed by atoms with Gasteiger partial charge in [0.1, 0.15) is 6.04 Å². The van der Waals surface area contributed by atoms with Gasteiger partial charge >= 0.3 is 0 Å². The van der Waals surface area contributed by atoms with Crippen LogP contribution in [-0.2, 0) is 24.0 Å². The van der Waals surface area contributed by atoms with Gasteiger partial charge in [-0.3, -0.25) is 48.4 Å². The van der Waals surface area contributed by atoms with Gasteiger partial charge in [0, 0.05) is 106 Å². The lowest BCUT2D eigenvalue weighted by Gasteiger charge is -2.25. The van der Waals surface area contributed by atoms with Crippen LogP contribution < -0.4 is 40.2 Å². The Balaban J connectivity index is 0.721. The van der Waals surface area contributed by atoms with E-state index in [2.05, 4.69) is 59.0 Å². The molecule has 0 fully saturated rings. The highest BCUT2D eigenvalue weighted by molar-refractivity contribution is 6.13. The summed E-state index contributed by atoms with van der Waals surface area (Å²) in [6, 6.07) is 21.4. The lowest BCUT2D eigenvalue weighted by atomic mass is 10.0. The van der Waals surface area contributed by atoms with Crippen molar-refractivity contribution in [3.05, 3.63) is 137 Å². The molecular weight excluding hydrogens is 1120 g/mol. The standard InChI is InChI=1S/C68H77N9O11/c1-42(2)65(74-62(79)14-12-26-69-61(78)25-27-75-63(80)23-24-64(75)81)66(82)73-45(5)44(4)72-50-21-19-47(20-22-50)49-33-52-39-71-56-37-60-58(35-54(56)68(84)77(52)41-49)86-29-11-9-7-6-8-10-28-85-57-34-53-55(36-59(57)87-30-13-31-88-60)70-38-51-32-48(40-76(51)67(53)83)46-17-15-43(3)16-18-46/h15-24,34-42,45,51-52,65,72H,4,6-14,25-33H2,1-3,5H3,(H,69,78)(H,73,82)(H,74,79)/t45-,51-,52-,65-/m0/s1. The van der Waals surface area contributed by atoms with E-state index in [9.17, 15) is 33.6 Å². The van der Waals surface area contributed by atoms with Crippen molar-refractivity contribution in [2.75, 3.05) is 44.8 Å². The second kappa shape index (κ2) is 28.5. The van der Waals surface area contributed by atoms with Crippen molar-refractivity contribution in [1.29, 1.82) is 0 Å². The predicted molar refractivity (Wildman–Crippen MR) is 336 cm³/mol. The van der Waals surface area contributed by atoms with Crippen molar-refractivity contribution in [2.45, 2.75) is 129 Å². The third-order valence-corrected chi connectivity index (χ3v) is 16.3. The molecule has 0 aromatic heterocycles. The van der Waals surface area contributed by atoms with E-state index >= 15 is 0 Å². The lowest BCUT2D eigenvalue weighted by molar-refractivity contribution is -0.137. The molecule has 0 saturated heterocycles. The number of rotatable bonds is 16. The van der Waals surface area contributed by atoms with Gasteiger partial charge in [0.15, 0.2) is 23.0 Å². The van der Waals surface area contributed by atoms with E-state index in [1.54, 1.807) is 47.2 Å². The number of hydrogen-bond acceptors (Lipinski definition) is 14. The quantitative estimate of drug-likeness (QED) is 0.0606. The molecular formula is C68H77N9O11. The molecule has 0 saturated carbocycles. The molecule has 7 amide bonds. The summed E-state index contributed by atoms with van der Waals surface area (Å²) in [5, 5.41) is 11.8. The molecule has 6 heterocycles. The molecule has 0 bridgehead atoms. The highest BCUT2D eigenvalue weighted by Gasteiger charge is 2.36. The van der Waals surface area contributed by atoms with Crippen LogP contribution in [0.25, 0.3) is 11.1 Å². The molecule has 460 valence electrons. The number of carbonyl (C=O) groups is 7. The number of hydrogen-bond donors (Lipinski definition) is 4. The first-order valence-corrected chi connectivity index (χ1v) is 30.6. The van der Waals surface area contributed by atoms with E-state index in [0.717, 1.165) is 83.5 Å². The zero-order chi connectivity index (χ0) is 61.8. The summed E-state index contributed by atoms with van der Waals surface area (Å²) >= 11 is 0. The Kier molecular flexibility index (Phi) is 20.0. The second-order valence-electron chi connectivity index (χ2n) is 23.3. The summed E-state index contributed by atoms with van der Waals surface area (Å²) in [6.45, 7) is 13.4. The highest BCUT2D eigenvalue weighted by atomic mass is 16.5. The molecule has 0 radical (unpaired) electrons. The number of amides is 7. The van der Waals surface area contributed by atoms with Gasteiger partial charge in [-0.15, -0.1) is 0 Å². The largest absolute Gasteiger partial charge is 0.490 e. The molecule has 6 aliphatic heterocycles. The minimum atomic E-state index is -0.820. The van der Waals surface area contributed by atoms with Crippen LogP contribution in [0.2, 0.25) is 0 Å². The lowest BCUT2D eigenvalue weighted by Crippen LogP contribution is -2.52. The van der Waals surface area contributed by atoms with E-state index in [1.807, 2.05) is 56.7 Å². The van der Waals surface area contributed by atoms with Crippen LogP contribution in [0.1, 0.15) is 135 Å². The van der Waals surface area contributed by atoms with Crippen molar-refractivity contribution in [1.82, 2.24) is 30.7 Å². The second-order valence-corrected chi connectivity index (χ2v) is 23.3. The Morgan fingerprint density at radius 1 is 0.614 bits per heavy atom. The van der Waals surface area contributed by atoms with Crippen molar-refractivity contribution in [2.24, 2.45) is 15.9 Å². The summed E-state index contributed by atoms with van der Waals surface area (Å²) in [5.41, 5.74) is 8.40. The molecule has 0 aliphatic carbocycles. The number of aryl methyl sites for hydroxylation is 1. The van der Waals surface area contributed by atoms with Gasteiger partial charge in [-0.05, 0) is 85.6 Å². The maximum Gasteiger partial charge on any atom is 0.260 e. The third kappa shape index (κ3) is 15.1. The number of benzene rings is 4. The summed E-state index contributed by atoms with van der Waals surface area (Å²) in [6.07, 6.45) is 17.5. The first kappa shape index (κ1) is 61.7. The first-order valence-electron chi connectivity index (χ1n) is 30.6. The fourth-order valence-electron chi connectivity index (χ4n) is 11.2. The van der Waals surface area contributed by atoms with Crippen LogP contribution in [0.4, 0.5) is 17.1 Å². The summed E-state index contributed by atoms with van der Waals surface area (Å²) in [5.74, 6) is -0.568. The Hall–Kier alpha value is -9.33. The highest BCUT2D eigenvalue weighted by Crippen LogP contribution is 2.42. The number of imide groups is 1. The van der Waals surface area contributed by atoms with Gasteiger partial charge in [0.25, 0.3) is 23.6 Å². The van der Waals surface area contributed by atoms with E-state index < -0.39 is 23.9 Å². The summed E-state index contributed by atoms with van der Waals surface area (Å²) in [7, 11) is 0. The summed E-state index contributed by atoms with van der Waals surface area (Å²) in [4.78, 5) is 105. The molecule has 20 heteroatoms. The molecule has 0 unspecified atom stereocenters. The minimum absolute atomic E-state index is 0.0274. The molecule has 4 aromatic rings. The van der Waals surface area contributed by atoms with Crippen LogP contribution >= 0.6 is 0 Å². The first-order chi connectivity index (χ1) is 42.6. The topological polar surface area (TPSA) is 239 Å². The van der Waals surface area contributed by atoms with Gasteiger partial charge in [-0.2, -0.15) is 0 Å². The third-order valence-electron chi connectivity index (χ3n) is 16.3. The SMILES string of the molecule is C=C(Nc1ccc(C2=CN3C(=O)c4cc5c(cc4N=C[C@@H]3C2)OCCCOc2cc3c(cc2OCCCCCCCCO5)C(=O)N2C=C(c4ccc(C)cc4)C[C@H]2C=N3)cc1)[C@H](C)NC(=O)[C@@H](NC(=O)CCCNC(=O)CCN1C(=O)C=CC1=O)C(C)C. The number of carbonyl (C=O) groups excluding carboxylic acids is 7. The van der Waals surface area contributed by atoms with Crippen molar-refractivity contribution in [3.8, 4) is 23.0 Å². The van der Waals surface area contributed by atoms with Gasteiger partial charge in [0.2, 0.25) is 17.7 Å². The van der Waals surface area contributed by atoms with E-state index in [-0.39, 0.29) is 86.7 Å². The fourth-order valence-corrected chi connectivity index (χ4v) is 11.2. The van der Waals surface area contributed by atoms with Gasteiger partial charge in [0.05, 0.1) is 67.1 Å². The van der Waals surface area contributed by atoms with Crippen LogP contribution in [0.15, 0.2) is 120 Å². The Labute approximate surface area is 513 Å². The number of nitrogens with one attached hydrogen (secondary N) is 4. The zero-order valence-electron chi connectivity index (χ0n) is 50.4. The van der Waals surface area contributed by atoms with Crippen LogP contribution in [0.5, 0.6) is 23.0 Å². The molecule has 4 aromatic carbocycles. The number of nitrogens with zero attached hydrogens (tertiary/aromatic N) is 5. The van der Waals surface area contributed by atoms with Crippen molar-refractivity contribution >= 4 is 82.0 Å². The average molecular weight is 1200 g/mol. The maximum atomic E-state index is 14.5. The number of aliphatic imine (C=N–C) groups is 2. The molecule has 4 atom stereocenters. The Morgan fingerprint density at radius 3 is 1.62 bits per heavy atom. The van der Waals surface area contributed by atoms with Crippen molar-refractivity contribution in [3.63, 3.8) is 0 Å². The van der Waals surface area contributed by atoms with Crippen LogP contribution in [0.3, 0.4) is 0 Å². The monoisotopic (exact) mass is 1200 g/mol. The average Bonchev–Trinajstić information content (AvgIpc) is 2.46. The van der Waals surface area contributed by atoms with Crippen LogP contribution in [-0.4, -0.2) is 132 Å². The molecule has 0 spiro atoms. The number of ether oxygens (including phenoxy) is 4. The predicted octanol–water partition coefficient (Wildman–Crippen LogP) is 9.68. The normalized spacial score (nSPS) is 19.1. The molecule has 88 heavy (non-hydrogen) atoms. The minimum Gasteiger partial charge on any atom is -0.490 e. The van der Waals surface area contributed by atoms with Gasteiger partial charge in [-0.25, -0.2) is 0 Å². The smallest absolute Gasteiger partial charge is 0.260 e. The van der Waals surface area contributed by atoms with E-state index in [0.29, 0.717) is 90.1 Å². The summed E-state index contributed by atoms with van der Waals surface area (Å²) < 4.78 is 25.6. The van der Waals surface area contributed by atoms with E-state index in [1.165, 1.54) is 5.56 Å².